The largest absolute Gasteiger partial charge is 0.471 e. The summed E-state index contributed by atoms with van der Waals surface area (Å²) in [5.41, 5.74) is 0.0319. The van der Waals surface area contributed by atoms with Crippen molar-refractivity contribution in [2.45, 2.75) is 6.18 Å². The minimum absolute atomic E-state index is 0.0319. The van der Waals surface area contributed by atoms with E-state index >= 15 is 0 Å². The van der Waals surface area contributed by atoms with E-state index in [0.717, 1.165) is 10.6 Å². The molecule has 0 heterocycles. The molecule has 0 spiro atoms. The fraction of sp³-hybridized carbons (Fsp3) is 0.222. The van der Waals surface area contributed by atoms with Crippen LogP contribution in [0.25, 0.3) is 0 Å². The van der Waals surface area contributed by atoms with E-state index in [1.165, 1.54) is 12.1 Å². The summed E-state index contributed by atoms with van der Waals surface area (Å²) in [7, 11) is 1.03. The van der Waals surface area contributed by atoms with Crippen LogP contribution in [0.5, 0.6) is 0 Å². The fourth-order valence-corrected chi connectivity index (χ4v) is 2.04. The maximum atomic E-state index is 12.2. The van der Waals surface area contributed by atoms with Crippen molar-refractivity contribution in [3.8, 4) is 0 Å². The van der Waals surface area contributed by atoms with Crippen LogP contribution in [0.4, 0.5) is 18.9 Å². The number of hydrogen-bond acceptors (Lipinski definition) is 1. The Labute approximate surface area is 109 Å². The van der Waals surface area contributed by atoms with E-state index in [1.54, 1.807) is 6.07 Å². The standard InChI is InChI=1S/C9H6ClF3INO/c1-15(8(16)9(11,12)13)7-3-2-5(14)4-6(7)10/h2-4H,1H3. The molecule has 16 heavy (non-hydrogen) atoms. The Bertz CT molecular complexity index is 422. The molecular formula is C9H6ClF3INO. The van der Waals surface area contributed by atoms with Crippen molar-refractivity contribution in [1.82, 2.24) is 0 Å². The summed E-state index contributed by atoms with van der Waals surface area (Å²) in [6.45, 7) is 0. The summed E-state index contributed by atoms with van der Waals surface area (Å²) in [6, 6.07) is 4.42. The lowest BCUT2D eigenvalue weighted by atomic mass is 10.3. The van der Waals surface area contributed by atoms with Crippen LogP contribution < -0.4 is 4.90 Å². The number of carbonyl (C=O) groups is 1. The molecular weight excluding hydrogens is 357 g/mol. The predicted molar refractivity (Wildman–Crippen MR) is 63.6 cm³/mol. The monoisotopic (exact) mass is 363 g/mol. The first-order valence-corrected chi connectivity index (χ1v) is 5.49. The quantitative estimate of drug-likeness (QED) is 0.700. The molecule has 7 heteroatoms. The number of alkyl halides is 3. The van der Waals surface area contributed by atoms with Crippen molar-refractivity contribution in [2.75, 3.05) is 11.9 Å². The van der Waals surface area contributed by atoms with Crippen LogP contribution in [0.1, 0.15) is 0 Å². The van der Waals surface area contributed by atoms with E-state index in [4.69, 9.17) is 11.6 Å². The van der Waals surface area contributed by atoms with Gasteiger partial charge in [-0.1, -0.05) is 11.6 Å². The number of benzene rings is 1. The van der Waals surface area contributed by atoms with E-state index in [1.807, 2.05) is 22.6 Å². The third-order valence-electron chi connectivity index (χ3n) is 1.82. The van der Waals surface area contributed by atoms with Gasteiger partial charge in [-0.2, -0.15) is 13.2 Å². The van der Waals surface area contributed by atoms with Crippen molar-refractivity contribution < 1.29 is 18.0 Å². The lowest BCUT2D eigenvalue weighted by Crippen LogP contribution is -2.38. The molecule has 2 nitrogen and oxygen atoms in total. The average Bonchev–Trinajstić information content (AvgIpc) is 2.14. The highest BCUT2D eigenvalue weighted by Gasteiger charge is 2.42. The molecule has 0 saturated carbocycles. The second-order valence-corrected chi connectivity index (χ2v) is 4.61. The van der Waals surface area contributed by atoms with Crippen molar-refractivity contribution in [2.24, 2.45) is 0 Å². The number of hydrogen-bond donors (Lipinski definition) is 0. The van der Waals surface area contributed by atoms with Crippen LogP contribution in [0.2, 0.25) is 5.02 Å². The Kier molecular flexibility index (Phi) is 4.06. The number of amides is 1. The Hall–Kier alpha value is -0.500. The normalized spacial score (nSPS) is 11.4. The molecule has 0 fully saturated rings. The van der Waals surface area contributed by atoms with Crippen molar-refractivity contribution in [1.29, 1.82) is 0 Å². The maximum Gasteiger partial charge on any atom is 0.471 e. The van der Waals surface area contributed by atoms with Gasteiger partial charge in [-0.15, -0.1) is 0 Å². The molecule has 0 aliphatic carbocycles. The van der Waals surface area contributed by atoms with Gasteiger partial charge < -0.3 is 4.90 Å². The van der Waals surface area contributed by atoms with E-state index in [0.29, 0.717) is 4.90 Å². The molecule has 0 unspecified atom stereocenters. The summed E-state index contributed by atoms with van der Waals surface area (Å²) in [5, 5.41) is 0.104. The SMILES string of the molecule is CN(C(=O)C(F)(F)F)c1ccc(I)cc1Cl. The highest BCUT2D eigenvalue weighted by atomic mass is 127. The molecule has 1 amide bonds. The second kappa shape index (κ2) is 4.79. The molecule has 0 bridgehead atoms. The zero-order valence-electron chi connectivity index (χ0n) is 7.98. The van der Waals surface area contributed by atoms with Crippen LogP contribution in [0.3, 0.4) is 0 Å². The molecule has 0 radical (unpaired) electrons. The first-order valence-electron chi connectivity index (χ1n) is 4.03. The van der Waals surface area contributed by atoms with Gasteiger partial charge in [0.05, 0.1) is 10.7 Å². The first kappa shape index (κ1) is 13.6. The van der Waals surface area contributed by atoms with E-state index in [-0.39, 0.29) is 10.7 Å². The van der Waals surface area contributed by atoms with Gasteiger partial charge in [0.2, 0.25) is 0 Å². The maximum absolute atomic E-state index is 12.2. The first-order chi connectivity index (χ1) is 7.23. The Morgan fingerprint density at radius 3 is 2.44 bits per heavy atom. The number of halogens is 5. The lowest BCUT2D eigenvalue weighted by molar-refractivity contribution is -0.170. The topological polar surface area (TPSA) is 20.3 Å². The highest BCUT2D eigenvalue weighted by molar-refractivity contribution is 14.1. The molecule has 88 valence electrons. The molecule has 0 aromatic heterocycles. The third-order valence-corrected chi connectivity index (χ3v) is 2.79. The van der Waals surface area contributed by atoms with Gasteiger partial charge in [0.15, 0.2) is 0 Å². The molecule has 0 aliphatic heterocycles. The molecule has 0 atom stereocenters. The van der Waals surface area contributed by atoms with Crippen LogP contribution in [0, 0.1) is 3.57 Å². The van der Waals surface area contributed by atoms with Crippen LogP contribution >= 0.6 is 34.2 Å². The predicted octanol–water partition coefficient (Wildman–Crippen LogP) is 3.47. The minimum atomic E-state index is -4.90. The summed E-state index contributed by atoms with van der Waals surface area (Å²) >= 11 is 7.72. The minimum Gasteiger partial charge on any atom is -0.306 e. The van der Waals surface area contributed by atoms with Crippen molar-refractivity contribution in [3.63, 3.8) is 0 Å². The van der Waals surface area contributed by atoms with Gasteiger partial charge in [-0.25, -0.2) is 0 Å². The fourth-order valence-electron chi connectivity index (χ4n) is 1.05. The number of carbonyl (C=O) groups excluding carboxylic acids is 1. The zero-order chi connectivity index (χ0) is 12.5. The molecule has 1 aromatic carbocycles. The highest BCUT2D eigenvalue weighted by Crippen LogP contribution is 2.29. The molecule has 1 aromatic rings. The zero-order valence-corrected chi connectivity index (χ0v) is 10.9. The smallest absolute Gasteiger partial charge is 0.306 e. The Balaban J connectivity index is 3.06. The molecule has 0 N–H and O–H groups in total. The third kappa shape index (κ3) is 3.00. The van der Waals surface area contributed by atoms with Gasteiger partial charge >= 0.3 is 12.1 Å². The average molecular weight is 364 g/mol. The van der Waals surface area contributed by atoms with Gasteiger partial charge in [0.25, 0.3) is 0 Å². The van der Waals surface area contributed by atoms with E-state index in [9.17, 15) is 18.0 Å². The van der Waals surface area contributed by atoms with Crippen molar-refractivity contribution in [3.05, 3.63) is 26.8 Å². The Morgan fingerprint density at radius 1 is 1.44 bits per heavy atom. The summed E-state index contributed by atoms with van der Waals surface area (Å²) in [4.78, 5) is 11.4. The van der Waals surface area contributed by atoms with Gasteiger partial charge in [-0.05, 0) is 40.8 Å². The summed E-state index contributed by atoms with van der Waals surface area (Å²) < 4.78 is 37.3. The Morgan fingerprint density at radius 2 is 2.00 bits per heavy atom. The van der Waals surface area contributed by atoms with Gasteiger partial charge in [0.1, 0.15) is 0 Å². The van der Waals surface area contributed by atoms with Gasteiger partial charge in [-0.3, -0.25) is 4.79 Å². The van der Waals surface area contributed by atoms with Crippen LogP contribution in [0.15, 0.2) is 18.2 Å². The molecule has 0 aliphatic rings. The summed E-state index contributed by atoms with van der Waals surface area (Å²) in [5.74, 6) is -1.95. The second-order valence-electron chi connectivity index (χ2n) is 2.96. The molecule has 1 rings (SSSR count). The number of anilines is 1. The lowest BCUT2D eigenvalue weighted by Gasteiger charge is -2.19. The van der Waals surface area contributed by atoms with E-state index in [2.05, 4.69) is 0 Å². The van der Waals surface area contributed by atoms with E-state index < -0.39 is 12.1 Å². The summed E-state index contributed by atoms with van der Waals surface area (Å²) in [6.07, 6.45) is -4.90. The van der Waals surface area contributed by atoms with Crippen molar-refractivity contribution >= 4 is 45.8 Å². The van der Waals surface area contributed by atoms with Gasteiger partial charge in [0, 0.05) is 10.6 Å². The van der Waals surface area contributed by atoms with Crippen LogP contribution in [-0.4, -0.2) is 19.1 Å². The molecule has 0 saturated heterocycles. The van der Waals surface area contributed by atoms with Crippen LogP contribution in [-0.2, 0) is 4.79 Å². The number of nitrogens with zero attached hydrogens (tertiary/aromatic N) is 1. The number of rotatable bonds is 1.